The number of carbonyl (C=O) groups is 1. The summed E-state index contributed by atoms with van der Waals surface area (Å²) >= 11 is 1.67. The predicted molar refractivity (Wildman–Crippen MR) is 103 cm³/mol. The van der Waals surface area contributed by atoms with Gasteiger partial charge in [0, 0.05) is 25.2 Å². The average Bonchev–Trinajstić information content (AvgIpc) is 3.16. The molecule has 4 rings (SSSR count). The minimum atomic E-state index is -4.49. The smallest absolute Gasteiger partial charge is 0.422 e. The minimum Gasteiger partial charge on any atom is -0.467 e. The standard InChI is InChI=1S/C20H18F3N3O2S/c21-20(22,23)12-28-17-14(4-3-9-24-17)19(27)26-10-7-13(8-11-26)18-25-15-5-1-2-6-16(15)29-18/h1-6,9,13H,7-8,10-12H2. The van der Waals surface area contributed by atoms with Crippen LogP contribution < -0.4 is 4.74 Å². The van der Waals surface area contributed by atoms with Crippen molar-refractivity contribution in [2.75, 3.05) is 19.7 Å². The first-order chi connectivity index (χ1) is 13.9. The van der Waals surface area contributed by atoms with Crippen LogP contribution in [-0.2, 0) is 0 Å². The van der Waals surface area contributed by atoms with E-state index in [0.717, 1.165) is 28.1 Å². The molecule has 1 fully saturated rings. The van der Waals surface area contributed by atoms with Crippen LogP contribution in [0.25, 0.3) is 10.2 Å². The third kappa shape index (κ3) is 4.50. The maximum Gasteiger partial charge on any atom is 0.422 e. The molecular weight excluding hydrogens is 403 g/mol. The zero-order chi connectivity index (χ0) is 20.4. The lowest BCUT2D eigenvalue weighted by atomic mass is 9.97. The summed E-state index contributed by atoms with van der Waals surface area (Å²) in [6.45, 7) is -0.468. The van der Waals surface area contributed by atoms with Crippen molar-refractivity contribution < 1.29 is 22.7 Å². The Bertz CT molecular complexity index is 980. The number of thiazole rings is 1. The Kier molecular flexibility index (Phi) is 5.40. The second kappa shape index (κ2) is 7.98. The quantitative estimate of drug-likeness (QED) is 0.615. The third-order valence-corrected chi connectivity index (χ3v) is 6.01. The molecule has 1 aromatic carbocycles. The van der Waals surface area contributed by atoms with Gasteiger partial charge < -0.3 is 9.64 Å². The maximum atomic E-state index is 12.8. The van der Waals surface area contributed by atoms with Gasteiger partial charge in [0.25, 0.3) is 5.91 Å². The van der Waals surface area contributed by atoms with Crippen LogP contribution in [0.2, 0.25) is 0 Å². The number of alkyl halides is 3. The fraction of sp³-hybridized carbons (Fsp3) is 0.350. The Balaban J connectivity index is 1.43. The van der Waals surface area contributed by atoms with Gasteiger partial charge in [-0.05, 0) is 37.1 Å². The number of piperidine rings is 1. The molecule has 5 nitrogen and oxygen atoms in total. The molecule has 0 atom stereocenters. The van der Waals surface area contributed by atoms with E-state index in [2.05, 4.69) is 4.98 Å². The van der Waals surface area contributed by atoms with E-state index in [4.69, 9.17) is 9.72 Å². The Morgan fingerprint density at radius 1 is 1.17 bits per heavy atom. The number of nitrogens with zero attached hydrogens (tertiary/aromatic N) is 3. The van der Waals surface area contributed by atoms with Crippen molar-refractivity contribution in [3.63, 3.8) is 0 Å². The van der Waals surface area contributed by atoms with Gasteiger partial charge in [-0.3, -0.25) is 4.79 Å². The first kappa shape index (κ1) is 19.6. The zero-order valence-electron chi connectivity index (χ0n) is 15.4. The van der Waals surface area contributed by atoms with Crippen molar-refractivity contribution >= 4 is 27.5 Å². The van der Waals surface area contributed by atoms with Crippen molar-refractivity contribution in [1.82, 2.24) is 14.9 Å². The summed E-state index contributed by atoms with van der Waals surface area (Å²) in [5.74, 6) is -0.382. The summed E-state index contributed by atoms with van der Waals surface area (Å²) in [6, 6.07) is 10.9. The Morgan fingerprint density at radius 2 is 1.93 bits per heavy atom. The number of aromatic nitrogens is 2. The molecule has 0 spiro atoms. The van der Waals surface area contributed by atoms with Crippen LogP contribution in [-0.4, -0.2) is 46.6 Å². The van der Waals surface area contributed by atoms with Crippen molar-refractivity contribution in [3.8, 4) is 5.88 Å². The van der Waals surface area contributed by atoms with Gasteiger partial charge in [0.2, 0.25) is 5.88 Å². The second-order valence-electron chi connectivity index (χ2n) is 6.85. The molecule has 0 bridgehead atoms. The molecule has 29 heavy (non-hydrogen) atoms. The van der Waals surface area contributed by atoms with Crippen LogP contribution in [0.1, 0.15) is 34.1 Å². The van der Waals surface area contributed by atoms with Gasteiger partial charge in [0.1, 0.15) is 5.56 Å². The number of halogens is 3. The Labute approximate surface area is 169 Å². The average molecular weight is 421 g/mol. The highest BCUT2D eigenvalue weighted by Gasteiger charge is 2.31. The molecule has 1 aliphatic rings. The molecule has 0 radical (unpaired) electrons. The van der Waals surface area contributed by atoms with E-state index < -0.39 is 12.8 Å². The number of carbonyl (C=O) groups excluding carboxylic acids is 1. The molecule has 0 aliphatic carbocycles. The van der Waals surface area contributed by atoms with Gasteiger partial charge in [-0.25, -0.2) is 9.97 Å². The summed E-state index contributed by atoms with van der Waals surface area (Å²) in [6.07, 6.45) is -1.68. The largest absolute Gasteiger partial charge is 0.467 e. The highest BCUT2D eigenvalue weighted by Crippen LogP contribution is 2.34. The number of pyridine rings is 1. The minimum absolute atomic E-state index is 0.0511. The second-order valence-corrected chi connectivity index (χ2v) is 7.91. The molecule has 1 amide bonds. The molecule has 0 saturated carbocycles. The van der Waals surface area contributed by atoms with E-state index in [-0.39, 0.29) is 23.3 Å². The summed E-state index contributed by atoms with van der Waals surface area (Å²) in [7, 11) is 0. The van der Waals surface area contributed by atoms with Crippen LogP contribution in [0, 0.1) is 0 Å². The fourth-order valence-electron chi connectivity index (χ4n) is 3.38. The number of benzene rings is 1. The Hall–Kier alpha value is -2.68. The number of hydrogen-bond acceptors (Lipinski definition) is 5. The molecule has 1 aliphatic heterocycles. The normalized spacial score (nSPS) is 15.6. The molecule has 9 heteroatoms. The van der Waals surface area contributed by atoms with E-state index >= 15 is 0 Å². The van der Waals surface area contributed by atoms with Crippen LogP contribution in [0.15, 0.2) is 42.6 Å². The summed E-state index contributed by atoms with van der Waals surface area (Å²) in [5, 5.41) is 1.06. The molecule has 1 saturated heterocycles. The SMILES string of the molecule is O=C(c1cccnc1OCC(F)(F)F)N1CCC(c2nc3ccccc3s2)CC1. The third-order valence-electron chi connectivity index (χ3n) is 4.82. The predicted octanol–water partition coefficient (Wildman–Crippen LogP) is 4.65. The summed E-state index contributed by atoms with van der Waals surface area (Å²) < 4.78 is 43.3. The molecular formula is C20H18F3N3O2S. The van der Waals surface area contributed by atoms with Gasteiger partial charge >= 0.3 is 6.18 Å². The van der Waals surface area contributed by atoms with Gasteiger partial charge in [0.15, 0.2) is 6.61 Å². The molecule has 0 N–H and O–H groups in total. The van der Waals surface area contributed by atoms with Crippen LogP contribution in [0.3, 0.4) is 0 Å². The topological polar surface area (TPSA) is 55.3 Å². The number of rotatable bonds is 4. The van der Waals surface area contributed by atoms with Gasteiger partial charge in [-0.15, -0.1) is 11.3 Å². The van der Waals surface area contributed by atoms with Crippen LogP contribution in [0.4, 0.5) is 13.2 Å². The Morgan fingerprint density at radius 3 is 2.66 bits per heavy atom. The first-order valence-corrected chi connectivity index (χ1v) is 10.0. The summed E-state index contributed by atoms with van der Waals surface area (Å²) in [4.78, 5) is 23.0. The number of fused-ring (bicyclic) bond motifs is 1. The fourth-order valence-corrected chi connectivity index (χ4v) is 4.52. The molecule has 2 aromatic heterocycles. The highest BCUT2D eigenvalue weighted by molar-refractivity contribution is 7.18. The van der Waals surface area contributed by atoms with Gasteiger partial charge in [-0.2, -0.15) is 13.2 Å². The lowest BCUT2D eigenvalue weighted by Crippen LogP contribution is -2.38. The van der Waals surface area contributed by atoms with Gasteiger partial charge in [0.05, 0.1) is 15.2 Å². The zero-order valence-corrected chi connectivity index (χ0v) is 16.2. The highest BCUT2D eigenvalue weighted by atomic mass is 32.1. The summed E-state index contributed by atoms with van der Waals surface area (Å²) in [5.41, 5.74) is 1.03. The van der Waals surface area contributed by atoms with Crippen molar-refractivity contribution in [2.24, 2.45) is 0 Å². The maximum absolute atomic E-state index is 12.8. The number of amides is 1. The van der Waals surface area contributed by atoms with E-state index in [1.807, 2.05) is 24.3 Å². The molecule has 0 unspecified atom stereocenters. The lowest BCUT2D eigenvalue weighted by molar-refractivity contribution is -0.154. The van der Waals surface area contributed by atoms with E-state index in [0.29, 0.717) is 13.1 Å². The number of hydrogen-bond donors (Lipinski definition) is 0. The monoisotopic (exact) mass is 421 g/mol. The van der Waals surface area contributed by atoms with Gasteiger partial charge in [-0.1, -0.05) is 12.1 Å². The van der Waals surface area contributed by atoms with Crippen molar-refractivity contribution in [2.45, 2.75) is 24.9 Å². The first-order valence-electron chi connectivity index (χ1n) is 9.20. The van der Waals surface area contributed by atoms with Crippen LogP contribution in [0.5, 0.6) is 5.88 Å². The van der Waals surface area contributed by atoms with Crippen molar-refractivity contribution in [1.29, 1.82) is 0 Å². The molecule has 3 aromatic rings. The van der Waals surface area contributed by atoms with Crippen molar-refractivity contribution in [3.05, 3.63) is 53.2 Å². The number of para-hydroxylation sites is 1. The molecule has 152 valence electrons. The molecule has 3 heterocycles. The lowest BCUT2D eigenvalue weighted by Gasteiger charge is -2.31. The number of ether oxygens (including phenoxy) is 1. The van der Waals surface area contributed by atoms with E-state index in [1.54, 1.807) is 16.2 Å². The number of likely N-dealkylation sites (tertiary alicyclic amines) is 1. The van der Waals surface area contributed by atoms with E-state index in [9.17, 15) is 18.0 Å². The van der Waals surface area contributed by atoms with Crippen LogP contribution >= 0.6 is 11.3 Å². The van der Waals surface area contributed by atoms with E-state index in [1.165, 1.54) is 18.3 Å².